The maximum atomic E-state index is 11.7. The fraction of sp³-hybridized carbons (Fsp3) is 0.250. The Labute approximate surface area is 115 Å². The molecule has 20 heavy (non-hydrogen) atoms. The number of hydrogen-bond acceptors (Lipinski definition) is 6. The second-order valence-electron chi connectivity index (χ2n) is 4.16. The summed E-state index contributed by atoms with van der Waals surface area (Å²) in [7, 11) is 3.63. The smallest absolute Gasteiger partial charge is 0.338 e. The highest BCUT2D eigenvalue weighted by Crippen LogP contribution is 2.22. The van der Waals surface area contributed by atoms with Gasteiger partial charge in [-0.15, -0.1) is 0 Å². The molecule has 1 rings (SSSR count). The molecule has 8 nitrogen and oxygen atoms in total. The van der Waals surface area contributed by atoms with E-state index in [1.807, 2.05) is 14.1 Å². The molecule has 0 saturated heterocycles. The van der Waals surface area contributed by atoms with Crippen molar-refractivity contribution >= 4 is 29.3 Å². The monoisotopic (exact) mass is 280 g/mol. The third-order valence-corrected chi connectivity index (χ3v) is 2.34. The molecule has 0 unspecified atom stereocenters. The number of nitrogen functional groups attached to an aromatic ring is 1. The van der Waals surface area contributed by atoms with E-state index < -0.39 is 24.5 Å². The summed E-state index contributed by atoms with van der Waals surface area (Å²) in [6, 6.07) is 3.63. The molecule has 0 aliphatic carbocycles. The van der Waals surface area contributed by atoms with Gasteiger partial charge in [0.05, 0.1) is 16.9 Å². The fourth-order valence-corrected chi connectivity index (χ4v) is 1.48. The van der Waals surface area contributed by atoms with E-state index in [0.717, 1.165) is 5.69 Å². The molecule has 8 heteroatoms. The van der Waals surface area contributed by atoms with Gasteiger partial charge in [-0.2, -0.15) is 0 Å². The minimum absolute atomic E-state index is 0.208. The molecule has 108 valence electrons. The Bertz CT molecular complexity index is 542. The third-order valence-electron chi connectivity index (χ3n) is 2.34. The van der Waals surface area contributed by atoms with Crippen molar-refractivity contribution in [3.8, 4) is 0 Å². The van der Waals surface area contributed by atoms with Gasteiger partial charge in [0.1, 0.15) is 0 Å². The van der Waals surface area contributed by atoms with Gasteiger partial charge in [-0.05, 0) is 18.2 Å². The first-order valence-corrected chi connectivity index (χ1v) is 5.64. The van der Waals surface area contributed by atoms with Gasteiger partial charge in [0, 0.05) is 14.1 Å². The number of carbonyl (C=O) groups excluding carboxylic acids is 3. The molecule has 0 saturated carbocycles. The summed E-state index contributed by atoms with van der Waals surface area (Å²) >= 11 is 0. The number of rotatable bonds is 4. The number of nitrogens with two attached hydrogens (primary N) is 2. The first-order valence-electron chi connectivity index (χ1n) is 5.64. The normalized spacial score (nSPS) is 9.70. The van der Waals surface area contributed by atoms with Crippen molar-refractivity contribution in [3.63, 3.8) is 0 Å². The fourth-order valence-electron chi connectivity index (χ4n) is 1.48. The zero-order valence-electron chi connectivity index (χ0n) is 11.2. The molecule has 5 N–H and O–H groups in total. The van der Waals surface area contributed by atoms with Crippen LogP contribution in [0.5, 0.6) is 0 Å². The lowest BCUT2D eigenvalue weighted by Crippen LogP contribution is -2.37. The van der Waals surface area contributed by atoms with Crippen LogP contribution in [-0.4, -0.2) is 38.6 Å². The SMILES string of the molecule is CN(C)c1ccc(C(=O)OCC(=O)NC(N)=O)cc1N. The van der Waals surface area contributed by atoms with Crippen molar-refractivity contribution < 1.29 is 19.1 Å². The molecule has 0 radical (unpaired) electrons. The van der Waals surface area contributed by atoms with E-state index in [1.165, 1.54) is 12.1 Å². The number of ether oxygens (including phenoxy) is 1. The van der Waals surface area contributed by atoms with Gasteiger partial charge in [0.15, 0.2) is 6.61 Å². The third kappa shape index (κ3) is 4.16. The quantitative estimate of drug-likeness (QED) is 0.512. The van der Waals surface area contributed by atoms with Crippen LogP contribution in [0.3, 0.4) is 0 Å². The van der Waals surface area contributed by atoms with Crippen LogP contribution < -0.4 is 21.7 Å². The molecule has 3 amide bonds. The first kappa shape index (κ1) is 15.3. The Morgan fingerprint density at radius 2 is 1.95 bits per heavy atom. The highest BCUT2D eigenvalue weighted by Gasteiger charge is 2.13. The van der Waals surface area contributed by atoms with E-state index in [0.29, 0.717) is 5.69 Å². The number of benzene rings is 1. The molecule has 1 aromatic rings. The van der Waals surface area contributed by atoms with Gasteiger partial charge in [0.2, 0.25) is 0 Å². The zero-order valence-corrected chi connectivity index (χ0v) is 11.2. The van der Waals surface area contributed by atoms with Crippen LogP contribution in [0.15, 0.2) is 18.2 Å². The van der Waals surface area contributed by atoms with E-state index >= 15 is 0 Å². The summed E-state index contributed by atoms with van der Waals surface area (Å²) in [6.45, 7) is -0.600. The average molecular weight is 280 g/mol. The summed E-state index contributed by atoms with van der Waals surface area (Å²) in [5.74, 6) is -1.52. The van der Waals surface area contributed by atoms with Crippen LogP contribution in [0.2, 0.25) is 0 Å². The number of esters is 1. The maximum absolute atomic E-state index is 11.7. The number of nitrogens with zero attached hydrogens (tertiary/aromatic N) is 1. The van der Waals surface area contributed by atoms with Crippen molar-refractivity contribution in [2.45, 2.75) is 0 Å². The van der Waals surface area contributed by atoms with Gasteiger partial charge < -0.3 is 21.1 Å². The van der Waals surface area contributed by atoms with Crippen LogP contribution >= 0.6 is 0 Å². The lowest BCUT2D eigenvalue weighted by atomic mass is 10.1. The number of primary amides is 1. The van der Waals surface area contributed by atoms with E-state index in [1.54, 1.807) is 16.3 Å². The van der Waals surface area contributed by atoms with Gasteiger partial charge in [-0.25, -0.2) is 9.59 Å². The number of amides is 3. The van der Waals surface area contributed by atoms with E-state index in [9.17, 15) is 14.4 Å². The minimum atomic E-state index is -1.01. The minimum Gasteiger partial charge on any atom is -0.452 e. The largest absolute Gasteiger partial charge is 0.452 e. The highest BCUT2D eigenvalue weighted by atomic mass is 16.5. The summed E-state index contributed by atoms with van der Waals surface area (Å²) in [5, 5.41) is 1.78. The van der Waals surface area contributed by atoms with Crippen LogP contribution in [-0.2, 0) is 9.53 Å². The van der Waals surface area contributed by atoms with Crippen molar-refractivity contribution in [2.24, 2.45) is 5.73 Å². The molecule has 0 spiro atoms. The summed E-state index contributed by atoms with van der Waals surface area (Å²) in [4.78, 5) is 35.0. The Kier molecular flexibility index (Phi) is 4.90. The van der Waals surface area contributed by atoms with Gasteiger partial charge in [0.25, 0.3) is 5.91 Å². The number of imide groups is 1. The van der Waals surface area contributed by atoms with Gasteiger partial charge in [-0.1, -0.05) is 0 Å². The predicted molar refractivity (Wildman–Crippen MR) is 73.2 cm³/mol. The first-order chi connectivity index (χ1) is 9.31. The molecule has 0 aromatic heterocycles. The van der Waals surface area contributed by atoms with Crippen molar-refractivity contribution in [2.75, 3.05) is 31.3 Å². The van der Waals surface area contributed by atoms with Crippen LogP contribution in [0.25, 0.3) is 0 Å². The van der Waals surface area contributed by atoms with Crippen molar-refractivity contribution in [1.82, 2.24) is 5.32 Å². The predicted octanol–water partition coefficient (Wildman–Crippen LogP) is -0.313. The number of urea groups is 1. The maximum Gasteiger partial charge on any atom is 0.338 e. The Morgan fingerprint density at radius 3 is 2.45 bits per heavy atom. The lowest BCUT2D eigenvalue weighted by molar-refractivity contribution is -0.123. The molecular formula is C12H16N4O4. The van der Waals surface area contributed by atoms with Crippen LogP contribution in [0.1, 0.15) is 10.4 Å². The van der Waals surface area contributed by atoms with Gasteiger partial charge >= 0.3 is 12.0 Å². The Hall–Kier alpha value is -2.77. The number of hydrogen-bond donors (Lipinski definition) is 3. The highest BCUT2D eigenvalue weighted by molar-refractivity contribution is 5.97. The van der Waals surface area contributed by atoms with Crippen molar-refractivity contribution in [1.29, 1.82) is 0 Å². The van der Waals surface area contributed by atoms with E-state index in [4.69, 9.17) is 16.2 Å². The molecule has 0 fully saturated rings. The molecule has 0 atom stereocenters. The second kappa shape index (κ2) is 6.41. The van der Waals surface area contributed by atoms with Crippen LogP contribution in [0, 0.1) is 0 Å². The number of nitrogens with one attached hydrogen (secondary N) is 1. The molecule has 0 bridgehead atoms. The molecular weight excluding hydrogens is 264 g/mol. The topological polar surface area (TPSA) is 128 Å². The average Bonchev–Trinajstić information content (AvgIpc) is 2.34. The molecule has 0 heterocycles. The second-order valence-corrected chi connectivity index (χ2v) is 4.16. The summed E-state index contributed by atoms with van der Waals surface area (Å²) < 4.78 is 4.72. The van der Waals surface area contributed by atoms with Crippen molar-refractivity contribution in [3.05, 3.63) is 23.8 Å². The molecule has 1 aromatic carbocycles. The molecule has 0 aliphatic heterocycles. The Balaban J connectivity index is 2.67. The summed E-state index contributed by atoms with van der Waals surface area (Å²) in [6.07, 6.45) is 0. The lowest BCUT2D eigenvalue weighted by Gasteiger charge is -2.15. The summed E-state index contributed by atoms with van der Waals surface area (Å²) in [5.41, 5.74) is 11.9. The van der Waals surface area contributed by atoms with Crippen LogP contribution in [0.4, 0.5) is 16.2 Å². The number of carbonyl (C=O) groups is 3. The number of anilines is 2. The standard InChI is InChI=1S/C12H16N4O4/c1-16(2)9-4-3-7(5-8(9)13)11(18)20-6-10(17)15-12(14)19/h3-5H,6,13H2,1-2H3,(H3,14,15,17,19). The van der Waals surface area contributed by atoms with E-state index in [2.05, 4.69) is 0 Å². The van der Waals surface area contributed by atoms with Gasteiger partial charge in [-0.3, -0.25) is 10.1 Å². The van der Waals surface area contributed by atoms with E-state index in [-0.39, 0.29) is 5.56 Å². The molecule has 0 aliphatic rings. The zero-order chi connectivity index (χ0) is 15.3. The Morgan fingerprint density at radius 1 is 1.30 bits per heavy atom.